The molecule has 1 aliphatic rings. The van der Waals surface area contributed by atoms with E-state index in [2.05, 4.69) is 25.5 Å². The fraction of sp³-hybridized carbons (Fsp3) is 0.667. The zero-order chi connectivity index (χ0) is 20.6. The largest absolute Gasteiger partial charge is 0.357 e. The van der Waals surface area contributed by atoms with Gasteiger partial charge >= 0.3 is 0 Å². The third-order valence-electron chi connectivity index (χ3n) is 4.57. The Morgan fingerprint density at radius 3 is 2.83 bits per heavy atom. The first-order chi connectivity index (χ1) is 13.3. The lowest BCUT2D eigenvalue weighted by Crippen LogP contribution is -2.44. The van der Waals surface area contributed by atoms with Crippen LogP contribution in [0, 0.1) is 0 Å². The smallest absolute Gasteiger partial charge is 0.211 e. The van der Waals surface area contributed by atoms with Gasteiger partial charge in [0.1, 0.15) is 5.82 Å². The van der Waals surface area contributed by atoms with E-state index in [1.54, 1.807) is 6.20 Å². The number of halogens is 2. The van der Waals surface area contributed by atoms with E-state index in [1.807, 2.05) is 26.0 Å². The van der Waals surface area contributed by atoms with Crippen molar-refractivity contribution in [1.82, 2.24) is 19.9 Å². The number of pyridine rings is 1. The molecule has 1 aromatic rings. The third kappa shape index (κ3) is 8.42. The van der Waals surface area contributed by atoms with Gasteiger partial charge in [-0.2, -0.15) is 0 Å². The lowest BCUT2D eigenvalue weighted by atomic mass is 10.3. The number of guanidine groups is 1. The Kier molecular flexibility index (Phi) is 11.5. The lowest BCUT2D eigenvalue weighted by Gasteiger charge is -2.20. The van der Waals surface area contributed by atoms with Crippen LogP contribution in [0.15, 0.2) is 23.3 Å². The minimum absolute atomic E-state index is 0. The highest BCUT2D eigenvalue weighted by molar-refractivity contribution is 14.0. The molecule has 1 aliphatic heterocycles. The number of hydrogen-bond acceptors (Lipinski definition) is 5. The van der Waals surface area contributed by atoms with E-state index in [0.29, 0.717) is 31.1 Å². The summed E-state index contributed by atoms with van der Waals surface area (Å²) in [4.78, 5) is 11.2. The Morgan fingerprint density at radius 2 is 2.21 bits per heavy atom. The highest BCUT2D eigenvalue weighted by Gasteiger charge is 2.25. The SMILES string of the molecule is CCNC(=NCCCN(CC)S(C)(=O)=O)NC1CCN(c2ncccc2Cl)C1.I. The topological polar surface area (TPSA) is 89.9 Å². The predicted octanol–water partition coefficient (Wildman–Crippen LogP) is 2.16. The Labute approximate surface area is 196 Å². The highest BCUT2D eigenvalue weighted by Crippen LogP contribution is 2.25. The van der Waals surface area contributed by atoms with Crippen molar-refractivity contribution in [2.75, 3.05) is 50.4 Å². The molecule has 0 radical (unpaired) electrons. The van der Waals surface area contributed by atoms with Crippen LogP contribution in [0.25, 0.3) is 0 Å². The maximum atomic E-state index is 11.6. The molecular formula is C18H32ClIN6O2S. The average Bonchev–Trinajstić information content (AvgIpc) is 3.09. The van der Waals surface area contributed by atoms with Gasteiger partial charge in [-0.15, -0.1) is 24.0 Å². The first-order valence-corrected chi connectivity index (χ1v) is 11.9. The summed E-state index contributed by atoms with van der Waals surface area (Å²) in [6, 6.07) is 3.93. The summed E-state index contributed by atoms with van der Waals surface area (Å²) in [5.74, 6) is 1.57. The minimum Gasteiger partial charge on any atom is -0.357 e. The number of aromatic nitrogens is 1. The molecule has 1 fully saturated rings. The molecule has 0 saturated carbocycles. The summed E-state index contributed by atoms with van der Waals surface area (Å²) >= 11 is 6.25. The van der Waals surface area contributed by atoms with Gasteiger partial charge < -0.3 is 15.5 Å². The van der Waals surface area contributed by atoms with Crippen LogP contribution in [0.4, 0.5) is 5.82 Å². The molecule has 0 aromatic carbocycles. The van der Waals surface area contributed by atoms with Crippen LogP contribution in [0.5, 0.6) is 0 Å². The molecule has 0 spiro atoms. The van der Waals surface area contributed by atoms with Gasteiger partial charge in [0.05, 0.1) is 11.3 Å². The van der Waals surface area contributed by atoms with Crippen molar-refractivity contribution in [1.29, 1.82) is 0 Å². The van der Waals surface area contributed by atoms with Crippen molar-refractivity contribution in [3.8, 4) is 0 Å². The molecule has 2 N–H and O–H groups in total. The standard InChI is InChI=1S/C18H31ClN6O2S.HI/c1-4-20-18(22-11-7-12-25(5-2)28(3,26)27)23-15-9-13-24(14-15)17-16(19)8-6-10-21-17;/h6,8,10,15H,4-5,7,9,11-14H2,1-3H3,(H2,20,22,23);1H. The molecule has 11 heteroatoms. The van der Waals surface area contributed by atoms with Gasteiger partial charge in [-0.3, -0.25) is 4.99 Å². The van der Waals surface area contributed by atoms with Crippen molar-refractivity contribution in [2.24, 2.45) is 4.99 Å². The number of rotatable bonds is 9. The first-order valence-electron chi connectivity index (χ1n) is 9.70. The fourth-order valence-corrected chi connectivity index (χ4v) is 4.36. The molecule has 0 bridgehead atoms. The van der Waals surface area contributed by atoms with Crippen molar-refractivity contribution in [2.45, 2.75) is 32.7 Å². The van der Waals surface area contributed by atoms with Crippen molar-refractivity contribution in [3.05, 3.63) is 23.4 Å². The van der Waals surface area contributed by atoms with Crippen LogP contribution in [-0.4, -0.2) is 75.2 Å². The van der Waals surface area contributed by atoms with Gasteiger partial charge in [0.2, 0.25) is 10.0 Å². The number of nitrogens with zero attached hydrogens (tertiary/aromatic N) is 4. The summed E-state index contributed by atoms with van der Waals surface area (Å²) in [5, 5.41) is 7.38. The summed E-state index contributed by atoms with van der Waals surface area (Å²) in [7, 11) is -3.15. The molecule has 0 amide bonds. The lowest BCUT2D eigenvalue weighted by molar-refractivity contribution is 0.427. The molecule has 2 rings (SSSR count). The van der Waals surface area contributed by atoms with E-state index in [-0.39, 0.29) is 30.0 Å². The number of sulfonamides is 1. The van der Waals surface area contributed by atoms with Gasteiger partial charge in [-0.25, -0.2) is 17.7 Å². The number of anilines is 1. The van der Waals surface area contributed by atoms with Gasteiger partial charge in [-0.05, 0) is 31.9 Å². The molecule has 0 aliphatic carbocycles. The number of nitrogens with one attached hydrogen (secondary N) is 2. The molecule has 8 nitrogen and oxygen atoms in total. The zero-order valence-corrected chi connectivity index (χ0v) is 21.2. The van der Waals surface area contributed by atoms with Crippen LogP contribution in [0.1, 0.15) is 26.7 Å². The Balaban J connectivity index is 0.00000420. The van der Waals surface area contributed by atoms with Crippen LogP contribution >= 0.6 is 35.6 Å². The van der Waals surface area contributed by atoms with Crippen LogP contribution in [-0.2, 0) is 10.0 Å². The normalized spacial score (nSPS) is 17.3. The molecule has 1 saturated heterocycles. The van der Waals surface area contributed by atoms with Crippen molar-refractivity contribution < 1.29 is 8.42 Å². The second-order valence-corrected chi connectivity index (χ2v) is 9.14. The quantitative estimate of drug-likeness (QED) is 0.209. The van der Waals surface area contributed by atoms with Crippen molar-refractivity contribution >= 4 is 57.4 Å². The molecule has 1 aromatic heterocycles. The third-order valence-corrected chi connectivity index (χ3v) is 6.24. The average molecular weight is 559 g/mol. The molecule has 2 heterocycles. The molecule has 1 unspecified atom stereocenters. The van der Waals surface area contributed by atoms with Crippen LogP contribution < -0.4 is 15.5 Å². The monoisotopic (exact) mass is 558 g/mol. The first kappa shape index (κ1) is 26.2. The predicted molar refractivity (Wildman–Crippen MR) is 131 cm³/mol. The van der Waals surface area contributed by atoms with Gasteiger partial charge in [0.25, 0.3) is 0 Å². The zero-order valence-electron chi connectivity index (χ0n) is 17.3. The second-order valence-electron chi connectivity index (χ2n) is 6.75. The van der Waals surface area contributed by atoms with E-state index in [9.17, 15) is 8.42 Å². The molecular weight excluding hydrogens is 527 g/mol. The molecule has 29 heavy (non-hydrogen) atoms. The minimum atomic E-state index is -3.15. The van der Waals surface area contributed by atoms with E-state index >= 15 is 0 Å². The van der Waals surface area contributed by atoms with E-state index < -0.39 is 10.0 Å². The Bertz CT molecular complexity index is 764. The summed E-state index contributed by atoms with van der Waals surface area (Å²) in [5.41, 5.74) is 0. The summed E-state index contributed by atoms with van der Waals surface area (Å²) < 4.78 is 24.7. The second kappa shape index (κ2) is 12.8. The number of aliphatic imine (C=N–C) groups is 1. The van der Waals surface area contributed by atoms with Gasteiger partial charge in [-0.1, -0.05) is 18.5 Å². The summed E-state index contributed by atoms with van der Waals surface area (Å²) in [6.07, 6.45) is 4.64. The maximum Gasteiger partial charge on any atom is 0.211 e. The van der Waals surface area contributed by atoms with Crippen molar-refractivity contribution in [3.63, 3.8) is 0 Å². The van der Waals surface area contributed by atoms with Gasteiger partial charge in [0.15, 0.2) is 5.96 Å². The molecule has 166 valence electrons. The van der Waals surface area contributed by atoms with Crippen LogP contribution in [0.2, 0.25) is 5.02 Å². The maximum absolute atomic E-state index is 11.6. The Morgan fingerprint density at radius 1 is 1.45 bits per heavy atom. The molecule has 1 atom stereocenters. The fourth-order valence-electron chi connectivity index (χ4n) is 3.19. The van der Waals surface area contributed by atoms with E-state index in [4.69, 9.17) is 11.6 Å². The van der Waals surface area contributed by atoms with Gasteiger partial charge in [0, 0.05) is 51.5 Å². The van der Waals surface area contributed by atoms with E-state index in [0.717, 1.165) is 37.8 Å². The number of hydrogen-bond donors (Lipinski definition) is 2. The van der Waals surface area contributed by atoms with E-state index in [1.165, 1.54) is 10.6 Å². The highest BCUT2D eigenvalue weighted by atomic mass is 127. The van der Waals surface area contributed by atoms with Crippen LogP contribution in [0.3, 0.4) is 0 Å². The Hall–Kier alpha value is -0.850. The summed E-state index contributed by atoms with van der Waals surface area (Å²) in [6.45, 7) is 7.83.